The van der Waals surface area contributed by atoms with Crippen LogP contribution in [-0.2, 0) is 16.1 Å². The minimum Gasteiger partial charge on any atom is -0.484 e. The van der Waals surface area contributed by atoms with Gasteiger partial charge in [0.25, 0.3) is 5.91 Å². The zero-order chi connectivity index (χ0) is 18.9. The topological polar surface area (TPSA) is 80.8 Å². The second-order valence-corrected chi connectivity index (χ2v) is 5.73. The first-order chi connectivity index (χ1) is 12.5. The van der Waals surface area contributed by atoms with Crippen molar-refractivity contribution in [2.24, 2.45) is 0 Å². The van der Waals surface area contributed by atoms with Crippen molar-refractivity contribution in [2.45, 2.75) is 13.5 Å². The zero-order valence-corrected chi connectivity index (χ0v) is 15.2. The first-order valence-corrected chi connectivity index (χ1v) is 8.28. The number of nitrogens with one attached hydrogen (secondary N) is 1. The highest BCUT2D eigenvalue weighted by Gasteiger charge is 2.07. The molecule has 1 amide bonds. The van der Waals surface area contributed by atoms with Crippen LogP contribution in [0.25, 0.3) is 0 Å². The maximum Gasteiger partial charge on any atom is 0.339 e. The van der Waals surface area contributed by atoms with E-state index in [2.05, 4.69) is 10.3 Å². The van der Waals surface area contributed by atoms with E-state index in [9.17, 15) is 9.59 Å². The predicted octanol–water partition coefficient (Wildman–Crippen LogP) is 2.34. The van der Waals surface area contributed by atoms with Gasteiger partial charge in [0, 0.05) is 26.8 Å². The van der Waals surface area contributed by atoms with Crippen molar-refractivity contribution in [1.29, 1.82) is 0 Å². The van der Waals surface area contributed by atoms with Gasteiger partial charge in [-0.15, -0.1) is 0 Å². The van der Waals surface area contributed by atoms with E-state index in [1.54, 1.807) is 39.2 Å². The fourth-order valence-electron chi connectivity index (χ4n) is 2.05. The summed E-state index contributed by atoms with van der Waals surface area (Å²) in [6, 6.07) is 10.9. The van der Waals surface area contributed by atoms with Crippen molar-refractivity contribution < 1.29 is 19.1 Å². The van der Waals surface area contributed by atoms with E-state index in [1.807, 2.05) is 18.2 Å². The SMILES string of the molecule is CCOC(=O)c1ccc(NCc2cccc(OCC(=O)N(C)C)c2)nc1. The lowest BCUT2D eigenvalue weighted by atomic mass is 10.2. The molecule has 0 aliphatic heterocycles. The molecular weight excluding hydrogens is 334 g/mol. The zero-order valence-electron chi connectivity index (χ0n) is 15.2. The highest BCUT2D eigenvalue weighted by Crippen LogP contribution is 2.15. The molecule has 0 aliphatic carbocycles. The summed E-state index contributed by atoms with van der Waals surface area (Å²) in [5.74, 6) is 0.792. The molecule has 7 nitrogen and oxygen atoms in total. The van der Waals surface area contributed by atoms with Gasteiger partial charge in [-0.2, -0.15) is 0 Å². The summed E-state index contributed by atoms with van der Waals surface area (Å²) in [4.78, 5) is 28.9. The molecule has 0 fully saturated rings. The smallest absolute Gasteiger partial charge is 0.339 e. The van der Waals surface area contributed by atoms with E-state index in [0.717, 1.165) is 5.56 Å². The van der Waals surface area contributed by atoms with Crippen molar-refractivity contribution >= 4 is 17.7 Å². The monoisotopic (exact) mass is 357 g/mol. The summed E-state index contributed by atoms with van der Waals surface area (Å²) in [5, 5.41) is 3.18. The molecule has 7 heteroatoms. The van der Waals surface area contributed by atoms with Crippen LogP contribution in [0.5, 0.6) is 5.75 Å². The number of aromatic nitrogens is 1. The Morgan fingerprint density at radius 1 is 1.19 bits per heavy atom. The number of anilines is 1. The minimum atomic E-state index is -0.385. The van der Waals surface area contributed by atoms with E-state index in [0.29, 0.717) is 30.3 Å². The quantitative estimate of drug-likeness (QED) is 0.731. The Labute approximate surface area is 152 Å². The summed E-state index contributed by atoms with van der Waals surface area (Å²) in [6.07, 6.45) is 1.48. The molecule has 26 heavy (non-hydrogen) atoms. The third-order valence-corrected chi connectivity index (χ3v) is 3.51. The van der Waals surface area contributed by atoms with Gasteiger partial charge in [-0.05, 0) is 36.8 Å². The normalized spacial score (nSPS) is 10.1. The fraction of sp³-hybridized carbons (Fsp3) is 0.316. The van der Waals surface area contributed by atoms with Gasteiger partial charge in [0.1, 0.15) is 11.6 Å². The fourth-order valence-corrected chi connectivity index (χ4v) is 2.05. The Bertz CT molecular complexity index is 745. The predicted molar refractivity (Wildman–Crippen MR) is 98.2 cm³/mol. The molecular formula is C19H23N3O4. The van der Waals surface area contributed by atoms with Crippen molar-refractivity contribution in [3.63, 3.8) is 0 Å². The van der Waals surface area contributed by atoms with Crippen LogP contribution in [0.3, 0.4) is 0 Å². The second kappa shape index (κ2) is 9.41. The molecule has 1 N–H and O–H groups in total. The van der Waals surface area contributed by atoms with Gasteiger partial charge in [-0.1, -0.05) is 12.1 Å². The molecule has 2 rings (SSSR count). The maximum absolute atomic E-state index is 11.6. The molecule has 138 valence electrons. The van der Waals surface area contributed by atoms with Gasteiger partial charge < -0.3 is 19.7 Å². The third-order valence-electron chi connectivity index (χ3n) is 3.51. The Kier molecular flexibility index (Phi) is 6.96. The highest BCUT2D eigenvalue weighted by atomic mass is 16.5. The number of hydrogen-bond acceptors (Lipinski definition) is 6. The molecule has 0 radical (unpaired) electrons. The number of carbonyl (C=O) groups excluding carboxylic acids is 2. The summed E-state index contributed by atoms with van der Waals surface area (Å²) >= 11 is 0. The lowest BCUT2D eigenvalue weighted by Gasteiger charge is -2.12. The average molecular weight is 357 g/mol. The van der Waals surface area contributed by atoms with Crippen molar-refractivity contribution in [3.05, 3.63) is 53.7 Å². The van der Waals surface area contributed by atoms with Gasteiger partial charge in [0.2, 0.25) is 0 Å². The van der Waals surface area contributed by atoms with E-state index >= 15 is 0 Å². The summed E-state index contributed by atoms with van der Waals surface area (Å²) < 4.78 is 10.4. The van der Waals surface area contributed by atoms with Crippen LogP contribution in [-0.4, -0.2) is 49.1 Å². The number of hydrogen-bond donors (Lipinski definition) is 1. The summed E-state index contributed by atoms with van der Waals surface area (Å²) in [5.41, 5.74) is 1.40. The molecule has 0 saturated heterocycles. The molecule has 1 aromatic heterocycles. The van der Waals surface area contributed by atoms with Crippen molar-refractivity contribution in [3.8, 4) is 5.75 Å². The van der Waals surface area contributed by atoms with Gasteiger partial charge in [0.15, 0.2) is 6.61 Å². The van der Waals surface area contributed by atoms with Gasteiger partial charge in [-0.25, -0.2) is 9.78 Å². The van der Waals surface area contributed by atoms with Crippen LogP contribution in [0.2, 0.25) is 0 Å². The third kappa shape index (κ3) is 5.77. The molecule has 2 aromatic rings. The maximum atomic E-state index is 11.6. The Balaban J connectivity index is 1.90. The average Bonchev–Trinajstić information content (AvgIpc) is 2.65. The lowest BCUT2D eigenvalue weighted by Crippen LogP contribution is -2.27. The van der Waals surface area contributed by atoms with Crippen LogP contribution >= 0.6 is 0 Å². The second-order valence-electron chi connectivity index (χ2n) is 5.73. The number of esters is 1. The standard InChI is InChI=1S/C19H23N3O4/c1-4-25-19(24)15-8-9-17(21-12-15)20-11-14-6-5-7-16(10-14)26-13-18(23)22(2)3/h5-10,12H,4,11,13H2,1-3H3,(H,20,21). The molecule has 1 aromatic carbocycles. The summed E-state index contributed by atoms with van der Waals surface area (Å²) in [7, 11) is 3.37. The number of pyridine rings is 1. The van der Waals surface area contributed by atoms with Gasteiger partial charge >= 0.3 is 5.97 Å². The number of nitrogens with zero attached hydrogens (tertiary/aromatic N) is 2. The van der Waals surface area contributed by atoms with Gasteiger partial charge in [-0.3, -0.25) is 4.79 Å². The van der Waals surface area contributed by atoms with Crippen LogP contribution in [0.15, 0.2) is 42.6 Å². The van der Waals surface area contributed by atoms with Crippen molar-refractivity contribution in [2.75, 3.05) is 32.6 Å². The van der Waals surface area contributed by atoms with Crippen LogP contribution < -0.4 is 10.1 Å². The van der Waals surface area contributed by atoms with Crippen LogP contribution in [0.4, 0.5) is 5.82 Å². The summed E-state index contributed by atoms with van der Waals surface area (Å²) in [6.45, 7) is 2.62. The molecule has 1 heterocycles. The number of likely N-dealkylation sites (N-methyl/N-ethyl adjacent to an activating group) is 1. The van der Waals surface area contributed by atoms with E-state index < -0.39 is 0 Å². The molecule has 0 saturated carbocycles. The number of amides is 1. The number of ether oxygens (including phenoxy) is 2. The lowest BCUT2D eigenvalue weighted by molar-refractivity contribution is -0.130. The number of rotatable bonds is 8. The van der Waals surface area contributed by atoms with E-state index in [1.165, 1.54) is 11.1 Å². The molecule has 0 bridgehead atoms. The molecule has 0 atom stereocenters. The Morgan fingerprint density at radius 2 is 2.00 bits per heavy atom. The largest absolute Gasteiger partial charge is 0.484 e. The number of benzene rings is 1. The highest BCUT2D eigenvalue weighted by molar-refractivity contribution is 5.89. The van der Waals surface area contributed by atoms with Crippen LogP contribution in [0.1, 0.15) is 22.8 Å². The van der Waals surface area contributed by atoms with Gasteiger partial charge in [0.05, 0.1) is 12.2 Å². The molecule has 0 spiro atoms. The minimum absolute atomic E-state index is 0.000753. The first kappa shape index (κ1) is 19.2. The number of carbonyl (C=O) groups is 2. The molecule has 0 aliphatic rings. The Hall–Kier alpha value is -3.09. The van der Waals surface area contributed by atoms with E-state index in [4.69, 9.17) is 9.47 Å². The molecule has 0 unspecified atom stereocenters. The van der Waals surface area contributed by atoms with Crippen molar-refractivity contribution in [1.82, 2.24) is 9.88 Å². The first-order valence-electron chi connectivity index (χ1n) is 8.28. The van der Waals surface area contributed by atoms with E-state index in [-0.39, 0.29) is 18.5 Å². The van der Waals surface area contributed by atoms with Crippen LogP contribution in [0, 0.1) is 0 Å². The Morgan fingerprint density at radius 3 is 2.65 bits per heavy atom.